The maximum Gasteiger partial charge on any atom is 0.416 e. The first-order valence-electron chi connectivity index (χ1n) is 8.32. The van der Waals surface area contributed by atoms with Crippen molar-refractivity contribution in [2.24, 2.45) is 0 Å². The van der Waals surface area contributed by atoms with Crippen molar-refractivity contribution in [3.8, 4) is 11.5 Å². The zero-order chi connectivity index (χ0) is 20.8. The van der Waals surface area contributed by atoms with Crippen molar-refractivity contribution in [2.45, 2.75) is 6.18 Å². The van der Waals surface area contributed by atoms with Crippen LogP contribution in [0.15, 0.2) is 65.5 Å². The highest BCUT2D eigenvalue weighted by molar-refractivity contribution is 5.92. The van der Waals surface area contributed by atoms with E-state index >= 15 is 0 Å². The highest BCUT2D eigenvalue weighted by Crippen LogP contribution is 2.38. The lowest BCUT2D eigenvalue weighted by Gasteiger charge is -2.10. The number of para-hydroxylation sites is 1. The molecule has 9 heteroatoms. The summed E-state index contributed by atoms with van der Waals surface area (Å²) in [6.07, 6.45) is -4.72. The molecule has 0 saturated carbocycles. The number of nitrogens with one attached hydrogen (secondary N) is 1. The van der Waals surface area contributed by atoms with Gasteiger partial charge in [-0.25, -0.2) is 0 Å². The number of pyridine rings is 1. The van der Waals surface area contributed by atoms with E-state index in [9.17, 15) is 28.1 Å². The molecule has 4 aromatic rings. The molecule has 0 atom stereocenters. The van der Waals surface area contributed by atoms with Gasteiger partial charge in [0.05, 0.1) is 16.0 Å². The van der Waals surface area contributed by atoms with Gasteiger partial charge in [-0.3, -0.25) is 14.9 Å². The lowest BCUT2D eigenvalue weighted by Crippen LogP contribution is -2.06. The number of hydrogen-bond acceptors (Lipinski definition) is 4. The Morgan fingerprint density at radius 1 is 0.931 bits per heavy atom. The topological polar surface area (TPSA) is 85.2 Å². The van der Waals surface area contributed by atoms with E-state index in [4.69, 9.17) is 4.74 Å². The zero-order valence-corrected chi connectivity index (χ0v) is 14.5. The van der Waals surface area contributed by atoms with Crippen LogP contribution in [0.25, 0.3) is 21.8 Å². The second-order valence-electron chi connectivity index (χ2n) is 6.25. The highest BCUT2D eigenvalue weighted by atomic mass is 19.4. The van der Waals surface area contributed by atoms with Gasteiger partial charge in [-0.2, -0.15) is 13.2 Å². The van der Waals surface area contributed by atoms with Crippen molar-refractivity contribution in [3.05, 3.63) is 86.6 Å². The number of nitro groups is 1. The zero-order valence-electron chi connectivity index (χ0n) is 14.5. The number of benzene rings is 3. The van der Waals surface area contributed by atoms with Gasteiger partial charge in [0.25, 0.3) is 0 Å². The lowest BCUT2D eigenvalue weighted by molar-refractivity contribution is -0.385. The van der Waals surface area contributed by atoms with Gasteiger partial charge in [-0.1, -0.05) is 12.1 Å². The molecule has 0 bridgehead atoms. The van der Waals surface area contributed by atoms with Crippen molar-refractivity contribution in [3.63, 3.8) is 0 Å². The lowest BCUT2D eigenvalue weighted by atomic mass is 10.1. The Balaban J connectivity index is 1.80. The molecular weight excluding hydrogens is 389 g/mol. The summed E-state index contributed by atoms with van der Waals surface area (Å²) in [5.41, 5.74) is -1.06. The molecule has 0 radical (unpaired) electrons. The fraction of sp³-hybridized carbons (Fsp3) is 0.0500. The quantitative estimate of drug-likeness (QED) is 0.283. The molecule has 0 aliphatic rings. The summed E-state index contributed by atoms with van der Waals surface area (Å²) in [4.78, 5) is 26.1. The molecule has 0 aliphatic heterocycles. The second-order valence-corrected chi connectivity index (χ2v) is 6.25. The number of fused-ring (bicyclic) bond motifs is 2. The Bertz CT molecular complexity index is 1330. The van der Waals surface area contributed by atoms with E-state index in [1.165, 1.54) is 12.1 Å². The van der Waals surface area contributed by atoms with Crippen LogP contribution in [-0.4, -0.2) is 9.91 Å². The number of aromatic nitrogens is 1. The Morgan fingerprint density at radius 3 is 2.38 bits per heavy atom. The SMILES string of the molecule is O=c1c2ccccc2[nH]c2ccc(Oc3ccc(C(F)(F)F)cc3[N+](=O)[O-])cc12. The van der Waals surface area contributed by atoms with Gasteiger partial charge in [0, 0.05) is 22.4 Å². The van der Waals surface area contributed by atoms with Crippen LogP contribution in [0.1, 0.15) is 5.56 Å². The summed E-state index contributed by atoms with van der Waals surface area (Å²) in [6, 6.07) is 13.3. The van der Waals surface area contributed by atoms with E-state index in [2.05, 4.69) is 4.98 Å². The molecule has 1 heterocycles. The molecular formula is C20H11F3N2O4. The number of hydrogen-bond donors (Lipinski definition) is 1. The average Bonchev–Trinajstić information content (AvgIpc) is 2.68. The maximum absolute atomic E-state index is 12.8. The van der Waals surface area contributed by atoms with Gasteiger partial charge in [0.15, 0.2) is 5.43 Å². The predicted octanol–water partition coefficient (Wildman–Crippen LogP) is 5.40. The van der Waals surface area contributed by atoms with Crippen molar-refractivity contribution < 1.29 is 22.8 Å². The monoisotopic (exact) mass is 400 g/mol. The van der Waals surface area contributed by atoms with Gasteiger partial charge in [-0.05, 0) is 42.5 Å². The van der Waals surface area contributed by atoms with E-state index < -0.39 is 22.4 Å². The van der Waals surface area contributed by atoms with Crippen molar-refractivity contribution in [1.29, 1.82) is 0 Å². The van der Waals surface area contributed by atoms with Gasteiger partial charge in [0.1, 0.15) is 5.75 Å². The van der Waals surface area contributed by atoms with Crippen LogP contribution in [0.2, 0.25) is 0 Å². The summed E-state index contributed by atoms with van der Waals surface area (Å²) in [6.45, 7) is 0. The van der Waals surface area contributed by atoms with Crippen LogP contribution in [0.4, 0.5) is 18.9 Å². The van der Waals surface area contributed by atoms with Crippen LogP contribution in [0, 0.1) is 10.1 Å². The molecule has 29 heavy (non-hydrogen) atoms. The van der Waals surface area contributed by atoms with Crippen LogP contribution in [-0.2, 0) is 6.18 Å². The Hall–Kier alpha value is -3.88. The summed E-state index contributed by atoms with van der Waals surface area (Å²) in [5.74, 6) is -0.277. The molecule has 0 spiro atoms. The minimum Gasteiger partial charge on any atom is -0.450 e. The molecule has 0 aliphatic carbocycles. The van der Waals surface area contributed by atoms with E-state index in [1.54, 1.807) is 30.3 Å². The van der Waals surface area contributed by atoms with Gasteiger partial charge in [-0.15, -0.1) is 0 Å². The van der Waals surface area contributed by atoms with Gasteiger partial charge in [0.2, 0.25) is 5.75 Å². The van der Waals surface area contributed by atoms with E-state index in [-0.39, 0.29) is 22.3 Å². The Kier molecular flexibility index (Phi) is 4.22. The van der Waals surface area contributed by atoms with E-state index in [0.717, 1.165) is 6.07 Å². The number of rotatable bonds is 3. The van der Waals surface area contributed by atoms with Gasteiger partial charge < -0.3 is 9.72 Å². The average molecular weight is 400 g/mol. The third-order valence-corrected chi connectivity index (χ3v) is 4.39. The minimum absolute atomic E-state index is 0.0844. The number of nitrogens with zero attached hydrogens (tertiary/aromatic N) is 1. The summed E-state index contributed by atoms with van der Waals surface area (Å²) in [5, 5.41) is 12.0. The molecule has 3 aromatic carbocycles. The van der Waals surface area contributed by atoms with Crippen LogP contribution in [0.5, 0.6) is 11.5 Å². The number of aromatic amines is 1. The molecule has 0 amide bonds. The normalized spacial score (nSPS) is 11.7. The first kappa shape index (κ1) is 18.5. The molecule has 1 N–H and O–H groups in total. The van der Waals surface area contributed by atoms with Crippen LogP contribution < -0.4 is 10.2 Å². The third kappa shape index (κ3) is 3.38. The third-order valence-electron chi connectivity index (χ3n) is 4.39. The fourth-order valence-electron chi connectivity index (χ4n) is 3.01. The summed E-state index contributed by atoms with van der Waals surface area (Å²) < 4.78 is 44.0. The highest BCUT2D eigenvalue weighted by Gasteiger charge is 2.33. The summed E-state index contributed by atoms with van der Waals surface area (Å²) in [7, 11) is 0. The molecule has 0 unspecified atom stereocenters. The maximum atomic E-state index is 12.8. The smallest absolute Gasteiger partial charge is 0.416 e. The molecule has 4 rings (SSSR count). The number of alkyl halides is 3. The van der Waals surface area contributed by atoms with E-state index in [1.807, 2.05) is 0 Å². The minimum atomic E-state index is -4.72. The molecule has 1 aromatic heterocycles. The number of halogens is 3. The molecule has 146 valence electrons. The van der Waals surface area contributed by atoms with Crippen molar-refractivity contribution >= 4 is 27.5 Å². The molecule has 6 nitrogen and oxygen atoms in total. The summed E-state index contributed by atoms with van der Waals surface area (Å²) >= 11 is 0. The number of ether oxygens (including phenoxy) is 1. The number of H-pyrrole nitrogens is 1. The van der Waals surface area contributed by atoms with Gasteiger partial charge >= 0.3 is 11.9 Å². The second kappa shape index (κ2) is 6.62. The number of nitro benzene ring substituents is 1. The molecule has 0 fully saturated rings. The fourth-order valence-corrected chi connectivity index (χ4v) is 3.01. The first-order valence-corrected chi connectivity index (χ1v) is 8.32. The predicted molar refractivity (Wildman–Crippen MR) is 100 cm³/mol. The van der Waals surface area contributed by atoms with Crippen molar-refractivity contribution in [2.75, 3.05) is 0 Å². The van der Waals surface area contributed by atoms with Crippen molar-refractivity contribution in [1.82, 2.24) is 4.98 Å². The Morgan fingerprint density at radius 2 is 1.66 bits per heavy atom. The van der Waals surface area contributed by atoms with E-state index in [0.29, 0.717) is 28.6 Å². The Labute approximate surface area is 160 Å². The van der Waals surface area contributed by atoms with Crippen LogP contribution >= 0.6 is 0 Å². The molecule has 0 saturated heterocycles. The standard InChI is InChI=1S/C20H11F3N2O4/c21-20(22,23)11-5-8-18(17(9-11)25(27)28)29-12-6-7-16-14(10-12)19(26)13-3-1-2-4-15(13)24-16/h1-10H,(H,24,26). The largest absolute Gasteiger partial charge is 0.450 e. The first-order chi connectivity index (χ1) is 13.7. The van der Waals surface area contributed by atoms with Crippen LogP contribution in [0.3, 0.4) is 0 Å².